The van der Waals surface area contributed by atoms with E-state index in [0.717, 1.165) is 166 Å². The van der Waals surface area contributed by atoms with Gasteiger partial charge in [0.05, 0.1) is 141 Å². The standard InChI is InChI=1S/C28H24N6O2.C28H22N6O2.C27H23N7O2.C27H24N6O/c35-28(31-22-7-9-25(30-17-22)19-4-2-1-3-5-19)27-24-15-20(6-8-26(24)32-33-27)21-14-23(18-29-16-21)34-10-12-36-13-11-34;35-27(18-6-7-18)32-22-12-20(14-29-15-22)19-8-10-25-23(13-19)26(34-33-25)28(36)31-21-9-11-24(30-16-21)17-4-2-1-3-5-17;1-34(2)27(36)31-21-12-19(14-28-15-21)18-8-10-24-22(13-18)25(33-32-24)26(35)30-20-9-11-23(29-16-20)17-6-4-3-5-7-17;1-33(2)17-18-12-21(15-28-14-18)20-8-10-25-23(13-20)26(32-31-25)27(34)30-22-9-11-24(29-16-22)19-6-4-3-5-7-19/h1-9,14-18H,10-13H2,(H,31,35)(H,32,33);1-5,8-16,18H,6-7H2,(H,31,36)(H,32,35)(H,33,34);3-16H,1-2H3,(H,30,35)(H,31,36)(H,32,33);3-16H,17H2,1-2H3,(H,30,34)(H,31,32). The predicted molar refractivity (Wildman–Crippen MR) is 552 cm³/mol. The van der Waals surface area contributed by atoms with Crippen molar-refractivity contribution in [3.8, 4) is 89.5 Å². The molecule has 22 rings (SSSR count). The molecule has 8 aromatic carbocycles. The Morgan fingerprint density at radius 3 is 0.965 bits per heavy atom. The Balaban J connectivity index is 0.000000120. The molecule has 1 aliphatic carbocycles. The van der Waals surface area contributed by atoms with Crippen LogP contribution in [0.5, 0.6) is 0 Å². The van der Waals surface area contributed by atoms with Crippen molar-refractivity contribution in [3.05, 3.63) is 370 Å². The van der Waals surface area contributed by atoms with Crippen molar-refractivity contribution >= 4 is 119 Å². The molecule has 1 aliphatic heterocycles. The lowest BCUT2D eigenvalue weighted by atomic mass is 10.0. The van der Waals surface area contributed by atoms with E-state index in [1.807, 2.05) is 294 Å². The number of fused-ring (bicyclic) bond motifs is 4. The number of carbonyl (C=O) groups excluding carboxylic acids is 6. The number of nitrogens with zero attached hydrogens (tertiary/aromatic N) is 15. The lowest BCUT2D eigenvalue weighted by Gasteiger charge is -2.28. The van der Waals surface area contributed by atoms with Crippen LogP contribution in [0.2, 0.25) is 0 Å². The molecule has 0 spiro atoms. The maximum absolute atomic E-state index is 13.1. The lowest BCUT2D eigenvalue weighted by molar-refractivity contribution is -0.117. The van der Waals surface area contributed by atoms with Crippen LogP contribution in [0.1, 0.15) is 60.4 Å². The number of benzene rings is 8. The first-order valence-corrected chi connectivity index (χ1v) is 45.7. The van der Waals surface area contributed by atoms with Crippen molar-refractivity contribution in [1.82, 2.24) is 90.5 Å². The van der Waals surface area contributed by atoms with Gasteiger partial charge in [0.2, 0.25) is 5.91 Å². The Bertz CT molecular complexity index is 7700. The van der Waals surface area contributed by atoms with Gasteiger partial charge in [-0.1, -0.05) is 146 Å². The molecule has 1 saturated heterocycles. The van der Waals surface area contributed by atoms with Crippen LogP contribution in [0.3, 0.4) is 0 Å². The zero-order valence-electron chi connectivity index (χ0n) is 77.4. The lowest BCUT2D eigenvalue weighted by Crippen LogP contribution is -2.36. The summed E-state index contributed by atoms with van der Waals surface area (Å²) in [7, 11) is 7.39. The van der Waals surface area contributed by atoms with Gasteiger partial charge in [0.25, 0.3) is 23.6 Å². The van der Waals surface area contributed by atoms with Crippen LogP contribution in [0.4, 0.5) is 44.6 Å². The highest BCUT2D eigenvalue weighted by Crippen LogP contribution is 2.36. The van der Waals surface area contributed by atoms with Gasteiger partial charge < -0.3 is 51.3 Å². The number of carbonyl (C=O) groups is 6. The fourth-order valence-corrected chi connectivity index (χ4v) is 16.1. The van der Waals surface area contributed by atoms with E-state index >= 15 is 0 Å². The molecule has 20 aromatic rings. The Morgan fingerprint density at radius 2 is 0.641 bits per heavy atom. The van der Waals surface area contributed by atoms with E-state index in [9.17, 15) is 28.8 Å². The molecule has 0 unspecified atom stereocenters. The molecule has 0 bridgehead atoms. The van der Waals surface area contributed by atoms with Crippen molar-refractivity contribution < 1.29 is 33.5 Å². The maximum Gasteiger partial charge on any atom is 0.321 e. The van der Waals surface area contributed by atoms with E-state index in [2.05, 4.69) is 134 Å². The average Bonchev–Trinajstić information content (AvgIpc) is 1.67. The Kier molecular flexibility index (Phi) is 27.7. The number of hydrogen-bond donors (Lipinski definition) is 10. The number of aromatic nitrogens is 16. The molecule has 7 amide bonds. The third-order valence-electron chi connectivity index (χ3n) is 23.6. The minimum atomic E-state index is -0.349. The van der Waals surface area contributed by atoms with Gasteiger partial charge in [-0.2, -0.15) is 20.4 Å². The summed E-state index contributed by atoms with van der Waals surface area (Å²) in [6, 6.07) is 85.2. The molecule has 10 N–H and O–H groups in total. The minimum Gasteiger partial charge on any atom is -0.378 e. The minimum absolute atomic E-state index is 0.0319. The molecule has 0 radical (unpaired) electrons. The molecule has 1 saturated carbocycles. The van der Waals surface area contributed by atoms with Crippen LogP contribution in [-0.2, 0) is 16.1 Å². The molecule has 32 nitrogen and oxygen atoms in total. The number of H-pyrrole nitrogens is 4. The molecule has 0 atom stereocenters. The van der Waals surface area contributed by atoms with E-state index in [-0.39, 0.29) is 52.9 Å². The molecule has 142 heavy (non-hydrogen) atoms. The zero-order valence-corrected chi connectivity index (χ0v) is 77.4. The second-order valence-electron chi connectivity index (χ2n) is 34.2. The molecule has 12 aromatic heterocycles. The molecular formula is C110H93N25O7. The highest BCUT2D eigenvalue weighted by molar-refractivity contribution is 6.15. The highest BCUT2D eigenvalue weighted by atomic mass is 16.5. The van der Waals surface area contributed by atoms with Gasteiger partial charge >= 0.3 is 6.03 Å². The van der Waals surface area contributed by atoms with Crippen molar-refractivity contribution in [2.45, 2.75) is 19.4 Å². The number of nitrogens with one attached hydrogen (secondary N) is 10. The quantitative estimate of drug-likeness (QED) is 0.0301. The van der Waals surface area contributed by atoms with Gasteiger partial charge in [0, 0.05) is 137 Å². The molecule has 32 heteroatoms. The van der Waals surface area contributed by atoms with Crippen LogP contribution in [0, 0.1) is 5.92 Å². The predicted octanol–water partition coefficient (Wildman–Crippen LogP) is 20.1. The first kappa shape index (κ1) is 92.3. The second kappa shape index (κ2) is 42.6. The highest BCUT2D eigenvalue weighted by Gasteiger charge is 2.30. The van der Waals surface area contributed by atoms with Crippen LogP contribution >= 0.6 is 0 Å². The van der Waals surface area contributed by atoms with Crippen molar-refractivity contribution in [1.29, 1.82) is 0 Å². The van der Waals surface area contributed by atoms with Gasteiger partial charge in [-0.25, -0.2) is 4.79 Å². The van der Waals surface area contributed by atoms with Gasteiger partial charge in [-0.05, 0) is 176 Å². The van der Waals surface area contributed by atoms with E-state index < -0.39 is 0 Å². The summed E-state index contributed by atoms with van der Waals surface area (Å²) in [5, 5.41) is 48.9. The van der Waals surface area contributed by atoms with E-state index in [0.29, 0.717) is 69.5 Å². The van der Waals surface area contributed by atoms with Crippen LogP contribution in [-0.4, -0.2) is 181 Å². The van der Waals surface area contributed by atoms with E-state index in [1.54, 1.807) is 63.7 Å². The molecule has 2 fully saturated rings. The number of urea groups is 1. The second-order valence-corrected chi connectivity index (χ2v) is 34.2. The summed E-state index contributed by atoms with van der Waals surface area (Å²) in [5.74, 6) is -1.13. The number of hydrogen-bond acceptors (Lipinski definition) is 21. The number of ether oxygens (including phenoxy) is 1. The van der Waals surface area contributed by atoms with Gasteiger partial charge in [-0.3, -0.25) is 84.2 Å². The first-order valence-electron chi connectivity index (χ1n) is 45.7. The zero-order chi connectivity index (χ0) is 97.4. The van der Waals surface area contributed by atoms with E-state index in [1.165, 1.54) is 4.90 Å². The topological polar surface area (TPSA) is 411 Å². The maximum atomic E-state index is 13.1. The summed E-state index contributed by atoms with van der Waals surface area (Å²) in [6.45, 7) is 3.93. The number of morpholine rings is 1. The largest absolute Gasteiger partial charge is 0.378 e. The Morgan fingerprint density at radius 1 is 0.317 bits per heavy atom. The summed E-state index contributed by atoms with van der Waals surface area (Å²) < 4.78 is 5.47. The Labute approximate surface area is 814 Å². The van der Waals surface area contributed by atoms with Crippen molar-refractivity contribution in [2.24, 2.45) is 5.92 Å². The van der Waals surface area contributed by atoms with Gasteiger partial charge in [0.15, 0.2) is 22.8 Å². The molecule has 2 aliphatic rings. The molecular weight excluding hydrogens is 1780 g/mol. The van der Waals surface area contributed by atoms with Gasteiger partial charge in [0.1, 0.15) is 0 Å². The van der Waals surface area contributed by atoms with Crippen LogP contribution in [0.15, 0.2) is 341 Å². The normalized spacial score (nSPS) is 12.1. The number of aromatic amines is 4. The Hall–Kier alpha value is -18.8. The molecule has 13 heterocycles. The SMILES string of the molecule is CN(C)C(=O)Nc1cncc(-c2ccc3[nH]nc(C(=O)Nc4ccc(-c5ccccc5)nc4)c3c2)c1.CN(C)Cc1cncc(-c2ccc3[nH]nc(C(=O)Nc4ccc(-c5ccccc5)nc4)c3c2)c1.O=C(Nc1ccc(-c2ccccc2)nc1)c1n[nH]c2ccc(-c3cncc(N4CCOCC4)c3)cc12.O=C(Nc1ccc(-c2ccccc2)nc1)c1n[nH]c2ccc(-c3cncc(NC(=O)C4CC4)c3)cc12. The number of pyridine rings is 8. The number of rotatable bonds is 22. The van der Waals surface area contributed by atoms with Gasteiger partial charge in [-0.15, -0.1) is 0 Å². The van der Waals surface area contributed by atoms with Crippen molar-refractivity contribution in [3.63, 3.8) is 0 Å². The van der Waals surface area contributed by atoms with Crippen molar-refractivity contribution in [2.75, 3.05) is 91.3 Å². The monoisotopic (exact) mass is 1880 g/mol. The van der Waals surface area contributed by atoms with Crippen LogP contribution < -0.4 is 36.8 Å². The summed E-state index contributed by atoms with van der Waals surface area (Å²) in [4.78, 5) is 117. The number of amides is 7. The fraction of sp³-hybridized carbons (Fsp3) is 0.109. The fourth-order valence-electron chi connectivity index (χ4n) is 16.1. The van der Waals surface area contributed by atoms with E-state index in [4.69, 9.17) is 4.74 Å². The third kappa shape index (κ3) is 22.3. The molecule has 700 valence electrons. The summed E-state index contributed by atoms with van der Waals surface area (Å²) in [6.07, 6.45) is 22.5. The number of anilines is 7. The van der Waals surface area contributed by atoms with Crippen LogP contribution in [0.25, 0.3) is 133 Å². The first-order chi connectivity index (χ1) is 69.4. The summed E-state index contributed by atoms with van der Waals surface area (Å²) >= 11 is 0. The third-order valence-corrected chi connectivity index (χ3v) is 23.6. The smallest absolute Gasteiger partial charge is 0.321 e. The summed E-state index contributed by atoms with van der Waals surface area (Å²) in [5.41, 5.74) is 24.7. The average molecular weight is 1880 g/mol.